The lowest BCUT2D eigenvalue weighted by Crippen LogP contribution is -2.08. The maximum absolute atomic E-state index is 3.69. The maximum Gasteiger partial charge on any atom is 0.0853 e. The highest BCUT2D eigenvalue weighted by molar-refractivity contribution is 9.11. The fraction of sp³-hybridized carbons (Fsp3) is 0.143. The molecule has 4 aromatic rings. The minimum Gasteiger partial charge on any atom is -0.0607 e. The molecule has 0 bridgehead atoms. The molecule has 0 fully saturated rings. The molecule has 33 heavy (non-hydrogen) atoms. The summed E-state index contributed by atoms with van der Waals surface area (Å²) < 4.78 is 4.58. The molecule has 4 rings (SSSR count). The highest BCUT2D eigenvalue weighted by atomic mass is 79.9. The van der Waals surface area contributed by atoms with Gasteiger partial charge in [0.15, 0.2) is 0 Å². The van der Waals surface area contributed by atoms with E-state index in [1.54, 1.807) is 0 Å². The van der Waals surface area contributed by atoms with E-state index in [4.69, 9.17) is 0 Å². The van der Waals surface area contributed by atoms with E-state index in [1.807, 2.05) is 0 Å². The van der Waals surface area contributed by atoms with Gasteiger partial charge in [0.05, 0.1) is 24.6 Å². The van der Waals surface area contributed by atoms with Crippen LogP contribution in [0.5, 0.6) is 0 Å². The van der Waals surface area contributed by atoms with Crippen LogP contribution in [0.3, 0.4) is 0 Å². The third-order valence-electron chi connectivity index (χ3n) is 5.63. The van der Waals surface area contributed by atoms with Gasteiger partial charge in [-0.3, -0.25) is 0 Å². The third-order valence-corrected chi connectivity index (χ3v) is 11.7. The van der Waals surface area contributed by atoms with Gasteiger partial charge < -0.3 is 0 Å². The van der Waals surface area contributed by atoms with Gasteiger partial charge >= 0.3 is 0 Å². The Morgan fingerprint density at radius 3 is 0.848 bits per heavy atom. The van der Waals surface area contributed by atoms with E-state index in [9.17, 15) is 0 Å². The second-order valence-corrected chi connectivity index (χ2v) is 16.1. The normalized spacial score (nSPS) is 11.5. The Labute approximate surface area is 231 Å². The molecule has 0 saturated carbocycles. The van der Waals surface area contributed by atoms with Crippen LogP contribution in [0, 0.1) is 0 Å². The summed E-state index contributed by atoms with van der Waals surface area (Å²) in [6.07, 6.45) is 4.38. The highest BCUT2D eigenvalue weighted by Crippen LogP contribution is 2.69. The van der Waals surface area contributed by atoms with Gasteiger partial charge in [-0.25, -0.2) is 0 Å². The van der Waals surface area contributed by atoms with Crippen LogP contribution in [-0.2, 0) is 24.6 Å². The van der Waals surface area contributed by atoms with Crippen molar-refractivity contribution in [1.82, 2.24) is 0 Å². The Morgan fingerprint density at radius 2 is 0.636 bits per heavy atom. The van der Waals surface area contributed by atoms with Crippen LogP contribution in [0.2, 0.25) is 0 Å². The summed E-state index contributed by atoms with van der Waals surface area (Å²) in [6, 6.07) is 35.4. The van der Waals surface area contributed by atoms with Crippen molar-refractivity contribution in [2.75, 3.05) is 0 Å². The first-order valence-corrected chi connectivity index (χ1v) is 16.4. The third kappa shape index (κ3) is 7.61. The van der Waals surface area contributed by atoms with Crippen molar-refractivity contribution in [3.05, 3.63) is 137 Å². The Hall–Kier alpha value is -0.770. The lowest BCUT2D eigenvalue weighted by atomic mass is 10.2. The second kappa shape index (κ2) is 11.8. The van der Waals surface area contributed by atoms with Crippen molar-refractivity contribution >= 4 is 71.0 Å². The average Bonchev–Trinajstić information content (AvgIpc) is 2.73. The Balaban J connectivity index is 1.81. The molecule has 0 spiro atoms. The van der Waals surface area contributed by atoms with Gasteiger partial charge in [-0.15, -0.1) is 0 Å². The monoisotopic (exact) mass is 707 g/mol. The minimum atomic E-state index is -1.55. The van der Waals surface area contributed by atoms with Crippen LogP contribution >= 0.6 is 71.0 Å². The molecule has 0 unspecified atom stereocenters. The molecule has 0 aromatic heterocycles. The zero-order valence-electron chi connectivity index (χ0n) is 18.0. The standard InChI is InChI=1S/C28H24Br4P/c29-25-9-1-5-21(13-25)17-33(18-22-6-2-10-26(30)14-22,19-23-7-3-11-27(31)15-23)20-24-8-4-12-28(32)16-24/h1-16H,17-20H2/q+1. The van der Waals surface area contributed by atoms with E-state index in [2.05, 4.69) is 161 Å². The quantitative estimate of drug-likeness (QED) is 0.160. The zero-order valence-corrected chi connectivity index (χ0v) is 25.3. The number of hydrogen-bond donors (Lipinski definition) is 0. The summed E-state index contributed by atoms with van der Waals surface area (Å²) in [5.41, 5.74) is 5.60. The molecule has 0 nitrogen and oxygen atoms in total. The number of hydrogen-bond acceptors (Lipinski definition) is 0. The van der Waals surface area contributed by atoms with E-state index in [-0.39, 0.29) is 0 Å². The van der Waals surface area contributed by atoms with Crippen LogP contribution in [0.15, 0.2) is 115 Å². The number of rotatable bonds is 8. The van der Waals surface area contributed by atoms with Crippen LogP contribution < -0.4 is 0 Å². The molecule has 5 heteroatoms. The Morgan fingerprint density at radius 1 is 0.394 bits per heavy atom. The lowest BCUT2D eigenvalue weighted by Gasteiger charge is -2.29. The van der Waals surface area contributed by atoms with Crippen LogP contribution in [0.25, 0.3) is 0 Å². The summed E-state index contributed by atoms with van der Waals surface area (Å²) >= 11 is 14.8. The maximum atomic E-state index is 3.69. The van der Waals surface area contributed by atoms with Crippen molar-refractivity contribution < 1.29 is 0 Å². The van der Waals surface area contributed by atoms with Gasteiger partial charge in [0, 0.05) is 25.2 Å². The molecule has 0 N–H and O–H groups in total. The minimum absolute atomic E-state index is 1.10. The molecule has 0 aliphatic heterocycles. The van der Waals surface area contributed by atoms with Gasteiger partial charge in [0.25, 0.3) is 0 Å². The van der Waals surface area contributed by atoms with Crippen molar-refractivity contribution in [1.29, 1.82) is 0 Å². The number of benzene rings is 4. The first-order chi connectivity index (χ1) is 15.9. The first kappa shape index (κ1) is 25.3. The summed E-state index contributed by atoms with van der Waals surface area (Å²) in [6.45, 7) is 0. The molecule has 0 amide bonds. The van der Waals surface area contributed by atoms with Crippen LogP contribution in [0.1, 0.15) is 22.3 Å². The largest absolute Gasteiger partial charge is 0.0853 e. The Kier molecular flexibility index (Phi) is 9.04. The van der Waals surface area contributed by atoms with Gasteiger partial charge in [-0.2, -0.15) is 0 Å². The fourth-order valence-electron chi connectivity index (χ4n) is 4.43. The summed E-state index contributed by atoms with van der Waals surface area (Å²) in [5.74, 6) is 0. The molecule has 0 heterocycles. The molecule has 168 valence electrons. The fourth-order valence-corrected chi connectivity index (χ4v) is 10.8. The summed E-state index contributed by atoms with van der Waals surface area (Å²) in [4.78, 5) is 0. The van der Waals surface area contributed by atoms with Crippen molar-refractivity contribution in [3.63, 3.8) is 0 Å². The molecule has 0 aliphatic rings. The van der Waals surface area contributed by atoms with Gasteiger partial charge in [-0.05, 0) is 70.8 Å². The first-order valence-electron chi connectivity index (χ1n) is 10.7. The SMILES string of the molecule is Brc1cccc(C[P+](Cc2cccc(Br)c2)(Cc2cccc(Br)c2)Cc2cccc(Br)c2)c1. The van der Waals surface area contributed by atoms with Gasteiger partial charge in [0.2, 0.25) is 0 Å². The second-order valence-electron chi connectivity index (χ2n) is 8.49. The summed E-state index contributed by atoms with van der Waals surface area (Å²) in [5, 5.41) is 0. The van der Waals surface area contributed by atoms with E-state index in [1.165, 1.54) is 22.3 Å². The zero-order chi connectivity index (χ0) is 23.3. The number of halogens is 4. The van der Waals surface area contributed by atoms with Crippen molar-refractivity contribution in [2.45, 2.75) is 24.6 Å². The smallest absolute Gasteiger partial charge is 0.0607 e. The highest BCUT2D eigenvalue weighted by Gasteiger charge is 2.39. The van der Waals surface area contributed by atoms with Crippen LogP contribution in [-0.4, -0.2) is 0 Å². The topological polar surface area (TPSA) is 0 Å². The molecule has 0 aliphatic carbocycles. The van der Waals surface area contributed by atoms with Crippen molar-refractivity contribution in [3.8, 4) is 0 Å². The van der Waals surface area contributed by atoms with E-state index < -0.39 is 7.26 Å². The van der Waals surface area contributed by atoms with Crippen molar-refractivity contribution in [2.24, 2.45) is 0 Å². The molecule has 0 saturated heterocycles. The van der Waals surface area contributed by atoms with E-state index in [0.29, 0.717) is 0 Å². The van der Waals surface area contributed by atoms with E-state index >= 15 is 0 Å². The lowest BCUT2D eigenvalue weighted by molar-refractivity contribution is 1.16. The van der Waals surface area contributed by atoms with Gasteiger partial charge in [-0.1, -0.05) is 112 Å². The molecule has 0 atom stereocenters. The molecule has 0 radical (unpaired) electrons. The molecule has 4 aromatic carbocycles. The van der Waals surface area contributed by atoms with E-state index in [0.717, 1.165) is 42.5 Å². The summed E-state index contributed by atoms with van der Waals surface area (Å²) in [7, 11) is -1.55. The van der Waals surface area contributed by atoms with Gasteiger partial charge in [0.1, 0.15) is 0 Å². The molecular formula is C28H24Br4P+. The molecular weight excluding hydrogens is 687 g/mol. The van der Waals surface area contributed by atoms with Crippen LogP contribution in [0.4, 0.5) is 0 Å². The Bertz CT molecular complexity index is 1040. The average molecular weight is 711 g/mol. The predicted octanol–water partition coefficient (Wildman–Crippen LogP) is 10.9. The predicted molar refractivity (Wildman–Crippen MR) is 158 cm³/mol.